The summed E-state index contributed by atoms with van der Waals surface area (Å²) in [5.41, 5.74) is 0.196. The smallest absolute Gasteiger partial charge is 0.260 e. The predicted octanol–water partition coefficient (Wildman–Crippen LogP) is 2.78. The number of hydrogen-bond donors (Lipinski definition) is 2. The van der Waals surface area contributed by atoms with E-state index in [9.17, 15) is 14.9 Å². The summed E-state index contributed by atoms with van der Waals surface area (Å²) in [6.45, 7) is 4.02. The van der Waals surface area contributed by atoms with Crippen molar-refractivity contribution in [3.05, 3.63) is 39.1 Å². The minimum absolute atomic E-state index is 0.0670. The van der Waals surface area contributed by atoms with Crippen molar-refractivity contribution in [2.75, 3.05) is 32.7 Å². The monoisotopic (exact) mass is 482 g/mol. The van der Waals surface area contributed by atoms with Crippen LogP contribution < -0.4 is 10.9 Å². The molecule has 1 amide bonds. The summed E-state index contributed by atoms with van der Waals surface area (Å²) in [4.78, 5) is 39.2. The van der Waals surface area contributed by atoms with E-state index in [2.05, 4.69) is 26.2 Å². The van der Waals surface area contributed by atoms with E-state index in [1.807, 2.05) is 22.9 Å². The molecule has 3 aromatic rings. The first-order valence-electron chi connectivity index (χ1n) is 11.3. The Hall–Kier alpha value is -2.58. The van der Waals surface area contributed by atoms with E-state index in [4.69, 9.17) is 4.98 Å². The first-order valence-corrected chi connectivity index (χ1v) is 13.0. The molecule has 8 nitrogen and oxygen atoms in total. The summed E-state index contributed by atoms with van der Waals surface area (Å²) in [7, 11) is 0. The van der Waals surface area contributed by atoms with Crippen LogP contribution in [-0.2, 0) is 11.3 Å². The largest absolute Gasteiger partial charge is 0.337 e. The zero-order valence-corrected chi connectivity index (χ0v) is 19.9. The SMILES string of the molecule is N#CC1(NC(=O)CN2CCN(Cc3nc4scc(-c5cccs5)c4c(=O)[nH]3)CC2)CCCC1. The Kier molecular flexibility index (Phi) is 6.29. The maximum Gasteiger partial charge on any atom is 0.260 e. The van der Waals surface area contributed by atoms with Crippen molar-refractivity contribution in [3.63, 3.8) is 0 Å². The average molecular weight is 483 g/mol. The van der Waals surface area contributed by atoms with E-state index in [0.717, 1.165) is 67.1 Å². The topological polar surface area (TPSA) is 105 Å². The third-order valence-electron chi connectivity index (χ3n) is 6.53. The van der Waals surface area contributed by atoms with Gasteiger partial charge in [0.2, 0.25) is 5.91 Å². The second-order valence-electron chi connectivity index (χ2n) is 8.82. The molecule has 0 radical (unpaired) electrons. The summed E-state index contributed by atoms with van der Waals surface area (Å²) in [6, 6.07) is 6.32. The molecule has 4 heterocycles. The lowest BCUT2D eigenvalue weighted by atomic mass is 10.00. The van der Waals surface area contributed by atoms with Crippen LogP contribution in [0.4, 0.5) is 0 Å². The van der Waals surface area contributed by atoms with E-state index in [-0.39, 0.29) is 11.5 Å². The summed E-state index contributed by atoms with van der Waals surface area (Å²) in [5, 5.41) is 17.1. The third kappa shape index (κ3) is 4.73. The van der Waals surface area contributed by atoms with Gasteiger partial charge >= 0.3 is 0 Å². The Labute approximate surface area is 199 Å². The van der Waals surface area contributed by atoms with Crippen LogP contribution in [0.15, 0.2) is 27.7 Å². The maximum absolute atomic E-state index is 12.8. The summed E-state index contributed by atoms with van der Waals surface area (Å²) < 4.78 is 0. The van der Waals surface area contributed by atoms with Crippen molar-refractivity contribution >= 4 is 38.8 Å². The molecular weight excluding hydrogens is 456 g/mol. The molecule has 10 heteroatoms. The molecular formula is C23H26N6O2S2. The Morgan fingerprint density at radius 3 is 2.67 bits per heavy atom. The molecule has 0 unspecified atom stereocenters. The average Bonchev–Trinajstić information content (AvgIpc) is 3.56. The van der Waals surface area contributed by atoms with Gasteiger partial charge in [0.1, 0.15) is 16.2 Å². The highest BCUT2D eigenvalue weighted by atomic mass is 32.1. The number of nitrogens with zero attached hydrogens (tertiary/aromatic N) is 4. The first-order chi connectivity index (χ1) is 16.0. The van der Waals surface area contributed by atoms with Gasteiger partial charge in [0.25, 0.3) is 5.56 Å². The number of rotatable bonds is 6. The number of thiophene rings is 2. The number of fused-ring (bicyclic) bond motifs is 1. The van der Waals surface area contributed by atoms with Gasteiger partial charge in [-0.15, -0.1) is 22.7 Å². The number of piperazine rings is 1. The standard InChI is InChI=1S/C23H26N6O2S2/c24-15-23(5-1-2-6-23)27-19(30)13-29-9-7-28(8-10-29)12-18-25-21(31)20-16(14-33-22(20)26-18)17-4-3-11-32-17/h3-4,11,14H,1-2,5-10,12-13H2,(H,27,30)(H,25,26,31). The van der Waals surface area contributed by atoms with Gasteiger partial charge in [0.05, 0.1) is 24.5 Å². The van der Waals surface area contributed by atoms with Gasteiger partial charge in [0, 0.05) is 42.0 Å². The van der Waals surface area contributed by atoms with Gasteiger partial charge in [-0.3, -0.25) is 19.4 Å². The first kappa shape index (κ1) is 22.2. The fourth-order valence-corrected chi connectivity index (χ4v) is 6.53. The summed E-state index contributed by atoms with van der Waals surface area (Å²) in [5.74, 6) is 0.609. The van der Waals surface area contributed by atoms with Crippen molar-refractivity contribution in [3.8, 4) is 16.5 Å². The molecule has 1 aliphatic carbocycles. The number of nitriles is 1. The Morgan fingerprint density at radius 1 is 1.21 bits per heavy atom. The van der Waals surface area contributed by atoms with E-state index in [1.54, 1.807) is 11.3 Å². The van der Waals surface area contributed by atoms with Gasteiger partial charge in [-0.1, -0.05) is 6.07 Å². The lowest BCUT2D eigenvalue weighted by Gasteiger charge is -2.34. The molecule has 33 heavy (non-hydrogen) atoms. The highest BCUT2D eigenvalue weighted by Crippen LogP contribution is 2.33. The molecule has 3 aromatic heterocycles. The number of aromatic nitrogens is 2. The van der Waals surface area contributed by atoms with E-state index in [0.29, 0.717) is 24.3 Å². The van der Waals surface area contributed by atoms with E-state index >= 15 is 0 Å². The number of amides is 1. The van der Waals surface area contributed by atoms with Crippen LogP contribution in [-0.4, -0.2) is 63.9 Å². The van der Waals surface area contributed by atoms with Crippen molar-refractivity contribution in [2.24, 2.45) is 0 Å². The molecule has 172 valence electrons. The van der Waals surface area contributed by atoms with Gasteiger partial charge in [-0.05, 0) is 37.1 Å². The van der Waals surface area contributed by atoms with Crippen molar-refractivity contribution < 1.29 is 4.79 Å². The van der Waals surface area contributed by atoms with Crippen LogP contribution in [0.25, 0.3) is 20.7 Å². The number of carbonyl (C=O) groups is 1. The van der Waals surface area contributed by atoms with Gasteiger partial charge in [-0.2, -0.15) is 5.26 Å². The number of carbonyl (C=O) groups excluding carboxylic acids is 1. The highest BCUT2D eigenvalue weighted by Gasteiger charge is 2.35. The molecule has 1 aliphatic heterocycles. The van der Waals surface area contributed by atoms with E-state index in [1.165, 1.54) is 11.3 Å². The van der Waals surface area contributed by atoms with Crippen LogP contribution in [0.3, 0.4) is 0 Å². The number of hydrogen-bond acceptors (Lipinski definition) is 8. The van der Waals surface area contributed by atoms with Crippen LogP contribution in [0.1, 0.15) is 31.5 Å². The molecule has 2 fully saturated rings. The van der Waals surface area contributed by atoms with Crippen molar-refractivity contribution in [1.82, 2.24) is 25.1 Å². The Bertz CT molecular complexity index is 1230. The maximum atomic E-state index is 12.8. The lowest BCUT2D eigenvalue weighted by Crippen LogP contribution is -2.52. The second kappa shape index (κ2) is 9.35. The normalized spacial score (nSPS) is 19.0. The van der Waals surface area contributed by atoms with Crippen LogP contribution in [0.5, 0.6) is 0 Å². The van der Waals surface area contributed by atoms with Gasteiger partial charge < -0.3 is 10.3 Å². The summed E-state index contributed by atoms with van der Waals surface area (Å²) >= 11 is 3.13. The van der Waals surface area contributed by atoms with Crippen LogP contribution in [0.2, 0.25) is 0 Å². The van der Waals surface area contributed by atoms with Crippen LogP contribution >= 0.6 is 22.7 Å². The van der Waals surface area contributed by atoms with Gasteiger partial charge in [0.15, 0.2) is 0 Å². The fraction of sp³-hybridized carbons (Fsp3) is 0.478. The van der Waals surface area contributed by atoms with Crippen molar-refractivity contribution in [2.45, 2.75) is 37.8 Å². The van der Waals surface area contributed by atoms with Crippen LogP contribution in [0, 0.1) is 11.3 Å². The molecule has 0 bridgehead atoms. The number of nitrogens with one attached hydrogen (secondary N) is 2. The minimum Gasteiger partial charge on any atom is -0.337 e. The number of H-pyrrole nitrogens is 1. The predicted molar refractivity (Wildman–Crippen MR) is 130 cm³/mol. The second-order valence-corrected chi connectivity index (χ2v) is 10.6. The third-order valence-corrected chi connectivity index (χ3v) is 8.31. The Morgan fingerprint density at radius 2 is 1.97 bits per heavy atom. The number of aromatic amines is 1. The summed E-state index contributed by atoms with van der Waals surface area (Å²) in [6.07, 6.45) is 3.49. The fourth-order valence-electron chi connectivity index (χ4n) is 4.75. The molecule has 0 atom stereocenters. The quantitative estimate of drug-likeness (QED) is 0.560. The molecule has 1 saturated carbocycles. The zero-order chi connectivity index (χ0) is 22.8. The molecule has 0 spiro atoms. The molecule has 2 N–H and O–H groups in total. The molecule has 1 saturated heterocycles. The van der Waals surface area contributed by atoms with Gasteiger partial charge in [-0.25, -0.2) is 4.98 Å². The minimum atomic E-state index is -0.666. The van der Waals surface area contributed by atoms with E-state index < -0.39 is 5.54 Å². The molecule has 0 aromatic carbocycles. The highest BCUT2D eigenvalue weighted by molar-refractivity contribution is 7.18. The van der Waals surface area contributed by atoms with Crippen molar-refractivity contribution in [1.29, 1.82) is 5.26 Å². The molecule has 5 rings (SSSR count). The Balaban J connectivity index is 1.17. The lowest BCUT2D eigenvalue weighted by molar-refractivity contribution is -0.124. The zero-order valence-electron chi connectivity index (χ0n) is 18.3. The molecule has 2 aliphatic rings.